The Morgan fingerprint density at radius 3 is 2.46 bits per heavy atom. The molecule has 2 aromatic rings. The molecule has 0 saturated heterocycles. The molecule has 0 radical (unpaired) electrons. The van der Waals surface area contributed by atoms with Gasteiger partial charge in [0.1, 0.15) is 5.82 Å². The summed E-state index contributed by atoms with van der Waals surface area (Å²) < 4.78 is 13.6. The first-order chi connectivity index (χ1) is 6.25. The summed E-state index contributed by atoms with van der Waals surface area (Å²) in [6, 6.07) is 6.37. The molecule has 1 aromatic carbocycles. The van der Waals surface area contributed by atoms with E-state index in [0.717, 1.165) is 14.3 Å². The number of aromatic nitrogens is 1. The molecule has 1 aromatic heterocycles. The SMILES string of the molecule is Fc1ccc(-c2csc(I)n2)cc1. The van der Waals surface area contributed by atoms with Crippen LogP contribution in [0.25, 0.3) is 11.3 Å². The number of thiazole rings is 1. The third-order valence-corrected chi connectivity index (χ3v) is 3.25. The van der Waals surface area contributed by atoms with E-state index in [0.29, 0.717) is 0 Å². The van der Waals surface area contributed by atoms with Gasteiger partial charge in [-0.1, -0.05) is 0 Å². The summed E-state index contributed by atoms with van der Waals surface area (Å²) in [5.74, 6) is -0.214. The minimum atomic E-state index is -0.214. The smallest absolute Gasteiger partial charge is 0.154 e. The molecule has 0 bridgehead atoms. The van der Waals surface area contributed by atoms with Crippen molar-refractivity contribution < 1.29 is 4.39 Å². The number of hydrogen-bond acceptors (Lipinski definition) is 2. The topological polar surface area (TPSA) is 12.9 Å². The van der Waals surface area contributed by atoms with Crippen LogP contribution in [0.15, 0.2) is 29.6 Å². The lowest BCUT2D eigenvalue weighted by Gasteiger charge is -1.94. The Balaban J connectivity index is 2.41. The van der Waals surface area contributed by atoms with Gasteiger partial charge in [-0.05, 0) is 46.9 Å². The van der Waals surface area contributed by atoms with Crippen LogP contribution in [0.3, 0.4) is 0 Å². The highest BCUT2D eigenvalue weighted by Crippen LogP contribution is 2.22. The molecule has 0 amide bonds. The average molecular weight is 305 g/mol. The largest absolute Gasteiger partial charge is 0.230 e. The van der Waals surface area contributed by atoms with E-state index in [-0.39, 0.29) is 5.82 Å². The molecule has 0 atom stereocenters. The highest BCUT2D eigenvalue weighted by molar-refractivity contribution is 14.1. The minimum Gasteiger partial charge on any atom is -0.230 e. The van der Waals surface area contributed by atoms with Crippen molar-refractivity contribution in [2.45, 2.75) is 0 Å². The molecule has 0 aliphatic rings. The van der Waals surface area contributed by atoms with E-state index in [4.69, 9.17) is 0 Å². The summed E-state index contributed by atoms with van der Waals surface area (Å²) in [5.41, 5.74) is 1.87. The lowest BCUT2D eigenvalue weighted by atomic mass is 10.2. The molecule has 1 heterocycles. The molecule has 1 nitrogen and oxygen atoms in total. The maximum Gasteiger partial charge on any atom is 0.154 e. The third kappa shape index (κ3) is 2.05. The first-order valence-electron chi connectivity index (χ1n) is 3.63. The monoisotopic (exact) mass is 305 g/mol. The van der Waals surface area contributed by atoms with Crippen molar-refractivity contribution in [1.82, 2.24) is 4.98 Å². The zero-order chi connectivity index (χ0) is 9.26. The Morgan fingerprint density at radius 1 is 1.23 bits per heavy atom. The Morgan fingerprint density at radius 2 is 1.92 bits per heavy atom. The number of rotatable bonds is 1. The Labute approximate surface area is 92.8 Å². The fourth-order valence-electron chi connectivity index (χ4n) is 1.01. The Kier molecular flexibility index (Phi) is 2.59. The van der Waals surface area contributed by atoms with Gasteiger partial charge in [0, 0.05) is 10.9 Å². The third-order valence-electron chi connectivity index (χ3n) is 1.62. The van der Waals surface area contributed by atoms with E-state index >= 15 is 0 Å². The van der Waals surface area contributed by atoms with Crippen LogP contribution in [0.5, 0.6) is 0 Å². The standard InChI is InChI=1S/C9H5FINS/c10-7-3-1-6(2-4-7)8-5-13-9(11)12-8/h1-5H. The van der Waals surface area contributed by atoms with Crippen molar-refractivity contribution in [3.63, 3.8) is 0 Å². The van der Waals surface area contributed by atoms with Crippen LogP contribution < -0.4 is 0 Å². The second-order valence-corrected chi connectivity index (χ2v) is 5.10. The fraction of sp³-hybridized carbons (Fsp3) is 0. The van der Waals surface area contributed by atoms with Crippen molar-refractivity contribution in [2.75, 3.05) is 0 Å². The quantitative estimate of drug-likeness (QED) is 0.734. The number of hydrogen-bond donors (Lipinski definition) is 0. The second kappa shape index (κ2) is 3.71. The summed E-state index contributed by atoms with van der Waals surface area (Å²) in [6.45, 7) is 0. The van der Waals surface area contributed by atoms with Crippen LogP contribution in [-0.4, -0.2) is 4.98 Å². The maximum absolute atomic E-state index is 12.6. The van der Waals surface area contributed by atoms with Gasteiger partial charge < -0.3 is 0 Å². The predicted molar refractivity (Wildman–Crippen MR) is 60.2 cm³/mol. The molecule has 0 unspecified atom stereocenters. The lowest BCUT2D eigenvalue weighted by molar-refractivity contribution is 0.628. The van der Waals surface area contributed by atoms with Crippen molar-refractivity contribution in [1.29, 1.82) is 0 Å². The van der Waals surface area contributed by atoms with Crippen LogP contribution in [-0.2, 0) is 0 Å². The fourth-order valence-corrected chi connectivity index (χ4v) is 2.20. The maximum atomic E-state index is 12.6. The first-order valence-corrected chi connectivity index (χ1v) is 5.58. The van der Waals surface area contributed by atoms with Gasteiger partial charge in [-0.15, -0.1) is 11.3 Å². The van der Waals surface area contributed by atoms with E-state index in [1.54, 1.807) is 23.5 Å². The van der Waals surface area contributed by atoms with E-state index in [2.05, 4.69) is 27.6 Å². The van der Waals surface area contributed by atoms with Gasteiger partial charge in [0.2, 0.25) is 0 Å². The predicted octanol–water partition coefficient (Wildman–Crippen LogP) is 3.55. The van der Waals surface area contributed by atoms with Gasteiger partial charge in [-0.25, -0.2) is 9.37 Å². The molecule has 0 fully saturated rings. The zero-order valence-corrected chi connectivity index (χ0v) is 9.47. The van der Waals surface area contributed by atoms with Crippen LogP contribution in [0.1, 0.15) is 0 Å². The van der Waals surface area contributed by atoms with Crippen molar-refractivity contribution in [3.8, 4) is 11.3 Å². The molecule has 2 rings (SSSR count). The molecular weight excluding hydrogens is 300 g/mol. The second-order valence-electron chi connectivity index (χ2n) is 2.49. The molecule has 0 aliphatic heterocycles. The molecule has 0 aliphatic carbocycles. The van der Waals surface area contributed by atoms with E-state index in [1.165, 1.54) is 12.1 Å². The van der Waals surface area contributed by atoms with Crippen LogP contribution in [0.4, 0.5) is 4.39 Å². The van der Waals surface area contributed by atoms with Crippen LogP contribution in [0, 0.1) is 8.83 Å². The van der Waals surface area contributed by atoms with Gasteiger partial charge >= 0.3 is 0 Å². The Hall–Kier alpha value is -0.490. The summed E-state index contributed by atoms with van der Waals surface area (Å²) in [5, 5.41) is 1.97. The Bertz CT molecular complexity index is 410. The van der Waals surface area contributed by atoms with Crippen LogP contribution >= 0.6 is 33.9 Å². The molecule has 4 heteroatoms. The summed E-state index contributed by atoms with van der Waals surface area (Å²) in [7, 11) is 0. The summed E-state index contributed by atoms with van der Waals surface area (Å²) in [6.07, 6.45) is 0. The van der Waals surface area contributed by atoms with E-state index in [1.807, 2.05) is 5.38 Å². The molecular formula is C9H5FINS. The minimum absolute atomic E-state index is 0.214. The molecule has 0 spiro atoms. The van der Waals surface area contributed by atoms with Crippen molar-refractivity contribution in [2.24, 2.45) is 0 Å². The van der Waals surface area contributed by atoms with Crippen molar-refractivity contribution >= 4 is 33.9 Å². The highest BCUT2D eigenvalue weighted by atomic mass is 127. The molecule has 66 valence electrons. The summed E-state index contributed by atoms with van der Waals surface area (Å²) >= 11 is 3.75. The molecule has 0 N–H and O–H groups in total. The zero-order valence-electron chi connectivity index (χ0n) is 6.50. The summed E-state index contributed by atoms with van der Waals surface area (Å²) in [4.78, 5) is 4.29. The van der Waals surface area contributed by atoms with Gasteiger partial charge in [0.15, 0.2) is 3.01 Å². The highest BCUT2D eigenvalue weighted by Gasteiger charge is 2.01. The van der Waals surface area contributed by atoms with E-state index < -0.39 is 0 Å². The van der Waals surface area contributed by atoms with Gasteiger partial charge in [0.05, 0.1) is 5.69 Å². The molecule has 13 heavy (non-hydrogen) atoms. The van der Waals surface area contributed by atoms with Gasteiger partial charge in [-0.3, -0.25) is 0 Å². The van der Waals surface area contributed by atoms with Crippen molar-refractivity contribution in [3.05, 3.63) is 38.5 Å². The first kappa shape index (κ1) is 9.08. The van der Waals surface area contributed by atoms with Crippen LogP contribution in [0.2, 0.25) is 0 Å². The normalized spacial score (nSPS) is 10.3. The number of halogens is 2. The van der Waals surface area contributed by atoms with E-state index in [9.17, 15) is 4.39 Å². The van der Waals surface area contributed by atoms with Gasteiger partial charge in [0.25, 0.3) is 0 Å². The molecule has 0 saturated carbocycles. The lowest BCUT2D eigenvalue weighted by Crippen LogP contribution is -1.78. The number of nitrogens with zero attached hydrogens (tertiary/aromatic N) is 1. The number of benzene rings is 1. The average Bonchev–Trinajstić information content (AvgIpc) is 2.53. The van der Waals surface area contributed by atoms with Gasteiger partial charge in [-0.2, -0.15) is 0 Å².